The molecule has 0 saturated carbocycles. The first-order chi connectivity index (χ1) is 12.6. The molecule has 2 rings (SSSR count). The average Bonchev–Trinajstić information content (AvgIpc) is 2.66. The molecular weight excluding hydrogens is 344 g/mol. The van der Waals surface area contributed by atoms with Gasteiger partial charge < -0.3 is 15.8 Å². The van der Waals surface area contributed by atoms with Gasteiger partial charge in [0.1, 0.15) is 5.75 Å². The van der Waals surface area contributed by atoms with Crippen LogP contribution in [0.5, 0.6) is 5.75 Å². The number of anilines is 1. The number of nitrogens with one attached hydrogen (secondary N) is 1. The number of methoxy groups -OCH3 is 1. The molecule has 0 atom stereocenters. The van der Waals surface area contributed by atoms with Gasteiger partial charge in [-0.1, -0.05) is 31.9 Å². The first-order valence-corrected chi connectivity index (χ1v) is 10.1. The lowest BCUT2D eigenvalue weighted by atomic mass is 10.1. The fourth-order valence-corrected chi connectivity index (χ4v) is 3.64. The van der Waals surface area contributed by atoms with Crippen LogP contribution in [0.25, 0.3) is 0 Å². The van der Waals surface area contributed by atoms with Gasteiger partial charge in [0.15, 0.2) is 0 Å². The third-order valence-electron chi connectivity index (χ3n) is 4.11. The lowest BCUT2D eigenvalue weighted by Crippen LogP contribution is -2.25. The molecule has 140 valence electrons. The number of carbonyl (C=O) groups excluding carboxylic acids is 1. The Morgan fingerprint density at radius 1 is 1.15 bits per heavy atom. The maximum absolute atomic E-state index is 12.4. The van der Waals surface area contributed by atoms with Crippen LogP contribution in [0.15, 0.2) is 47.4 Å². The van der Waals surface area contributed by atoms with Crippen molar-refractivity contribution in [1.29, 1.82) is 0 Å². The number of unbranched alkanes of at least 4 members (excludes halogenated alkanes) is 2. The maximum atomic E-state index is 12.4. The van der Waals surface area contributed by atoms with E-state index in [1.807, 2.05) is 42.5 Å². The fourth-order valence-electron chi connectivity index (χ4n) is 2.57. The van der Waals surface area contributed by atoms with Crippen molar-refractivity contribution in [2.45, 2.75) is 37.5 Å². The monoisotopic (exact) mass is 372 g/mol. The molecule has 0 bridgehead atoms. The van der Waals surface area contributed by atoms with Crippen LogP contribution < -0.4 is 15.8 Å². The second-order valence-corrected chi connectivity index (χ2v) is 7.31. The Morgan fingerprint density at radius 3 is 2.62 bits per heavy atom. The van der Waals surface area contributed by atoms with Crippen LogP contribution in [0, 0.1) is 0 Å². The normalized spacial score (nSPS) is 10.5. The van der Waals surface area contributed by atoms with E-state index in [2.05, 4.69) is 12.2 Å². The minimum absolute atomic E-state index is 0.0569. The Balaban J connectivity index is 1.91. The summed E-state index contributed by atoms with van der Waals surface area (Å²) in [7, 11) is 1.66. The Kier molecular flexibility index (Phi) is 8.35. The van der Waals surface area contributed by atoms with Gasteiger partial charge in [-0.05, 0) is 54.5 Å². The van der Waals surface area contributed by atoms with Gasteiger partial charge in [0.25, 0.3) is 5.91 Å². The first-order valence-electron chi connectivity index (χ1n) is 9.07. The number of amides is 1. The van der Waals surface area contributed by atoms with Crippen LogP contribution in [0.4, 0.5) is 5.69 Å². The number of nitrogens with two attached hydrogens (primary N) is 1. The Labute approximate surface area is 160 Å². The van der Waals surface area contributed by atoms with Crippen molar-refractivity contribution < 1.29 is 9.53 Å². The van der Waals surface area contributed by atoms with E-state index in [0.29, 0.717) is 12.1 Å². The summed E-state index contributed by atoms with van der Waals surface area (Å²) < 4.78 is 5.42. The summed E-state index contributed by atoms with van der Waals surface area (Å²) in [6, 6.07) is 13.3. The van der Waals surface area contributed by atoms with Crippen molar-refractivity contribution in [2.24, 2.45) is 0 Å². The summed E-state index contributed by atoms with van der Waals surface area (Å²) in [5.41, 5.74) is 8.26. The summed E-state index contributed by atoms with van der Waals surface area (Å²) in [4.78, 5) is 13.5. The summed E-state index contributed by atoms with van der Waals surface area (Å²) in [6.07, 6.45) is 4.37. The largest absolute Gasteiger partial charge is 0.496 e. The number of thioether (sulfide) groups is 1. The number of carbonyl (C=O) groups is 1. The lowest BCUT2D eigenvalue weighted by Gasteiger charge is -2.11. The second-order valence-electron chi connectivity index (χ2n) is 6.17. The highest BCUT2D eigenvalue weighted by atomic mass is 32.2. The highest BCUT2D eigenvalue weighted by Crippen LogP contribution is 2.31. The zero-order chi connectivity index (χ0) is 18.8. The average molecular weight is 373 g/mol. The molecule has 0 saturated heterocycles. The van der Waals surface area contributed by atoms with E-state index in [4.69, 9.17) is 10.5 Å². The molecule has 0 unspecified atom stereocenters. The van der Waals surface area contributed by atoms with Crippen LogP contribution in [0.3, 0.4) is 0 Å². The fraction of sp³-hybridized carbons (Fsp3) is 0.381. The number of nitrogen functional groups attached to an aromatic ring is 1. The predicted octanol–water partition coefficient (Wildman–Crippen LogP) is 4.53. The van der Waals surface area contributed by atoms with E-state index in [1.165, 1.54) is 19.3 Å². The summed E-state index contributed by atoms with van der Waals surface area (Å²) >= 11 is 1.75. The molecule has 5 heteroatoms. The number of benzene rings is 2. The molecular formula is C21H28N2O2S. The molecule has 0 aromatic heterocycles. The van der Waals surface area contributed by atoms with Crippen LogP contribution in [0.2, 0.25) is 0 Å². The van der Waals surface area contributed by atoms with Crippen molar-refractivity contribution in [2.75, 3.05) is 25.1 Å². The van der Waals surface area contributed by atoms with E-state index in [1.54, 1.807) is 18.9 Å². The second kappa shape index (κ2) is 10.8. The molecule has 2 aromatic rings. The summed E-state index contributed by atoms with van der Waals surface area (Å²) in [5, 5.41) is 2.98. The van der Waals surface area contributed by atoms with Gasteiger partial charge in [0.05, 0.1) is 12.0 Å². The molecule has 0 heterocycles. The van der Waals surface area contributed by atoms with Crippen molar-refractivity contribution in [3.05, 3.63) is 53.6 Å². The predicted molar refractivity (Wildman–Crippen MR) is 110 cm³/mol. The summed E-state index contributed by atoms with van der Waals surface area (Å²) in [6.45, 7) is 2.79. The van der Waals surface area contributed by atoms with E-state index in [9.17, 15) is 4.79 Å². The zero-order valence-electron chi connectivity index (χ0n) is 15.6. The van der Waals surface area contributed by atoms with Gasteiger partial charge in [-0.2, -0.15) is 0 Å². The van der Waals surface area contributed by atoms with Crippen molar-refractivity contribution in [3.8, 4) is 5.75 Å². The molecule has 0 radical (unpaired) electrons. The zero-order valence-corrected chi connectivity index (χ0v) is 16.4. The summed E-state index contributed by atoms with van der Waals surface area (Å²) in [5.74, 6) is 1.80. The van der Waals surface area contributed by atoms with E-state index in [0.717, 1.165) is 34.1 Å². The number of rotatable bonds is 10. The molecule has 3 N–H and O–H groups in total. The maximum Gasteiger partial charge on any atom is 0.251 e. The van der Waals surface area contributed by atoms with E-state index in [-0.39, 0.29) is 5.91 Å². The molecule has 2 aromatic carbocycles. The highest BCUT2D eigenvalue weighted by molar-refractivity contribution is 7.99. The van der Waals surface area contributed by atoms with Crippen LogP contribution >= 0.6 is 11.8 Å². The van der Waals surface area contributed by atoms with Crippen LogP contribution in [0.1, 0.15) is 42.1 Å². The molecule has 0 spiro atoms. The highest BCUT2D eigenvalue weighted by Gasteiger charge is 2.10. The number of hydrogen-bond acceptors (Lipinski definition) is 4. The molecule has 1 amide bonds. The van der Waals surface area contributed by atoms with Gasteiger partial charge in [-0.15, -0.1) is 11.8 Å². The molecule has 0 aliphatic heterocycles. The minimum atomic E-state index is -0.0569. The van der Waals surface area contributed by atoms with Crippen molar-refractivity contribution in [3.63, 3.8) is 0 Å². The third-order valence-corrected chi connectivity index (χ3v) is 5.23. The van der Waals surface area contributed by atoms with Gasteiger partial charge in [-0.3, -0.25) is 4.79 Å². The van der Waals surface area contributed by atoms with Crippen molar-refractivity contribution >= 4 is 23.4 Å². The van der Waals surface area contributed by atoms with Gasteiger partial charge in [0, 0.05) is 17.8 Å². The van der Waals surface area contributed by atoms with Gasteiger partial charge >= 0.3 is 0 Å². The van der Waals surface area contributed by atoms with Crippen LogP contribution in [-0.2, 0) is 6.42 Å². The van der Waals surface area contributed by atoms with Gasteiger partial charge in [-0.25, -0.2) is 0 Å². The SMILES string of the molecule is CCCCCSc1cc(C(=O)NCCc2ccc(N)cc2)ccc1OC. The Morgan fingerprint density at radius 2 is 1.92 bits per heavy atom. The number of hydrogen-bond donors (Lipinski definition) is 2. The number of ether oxygens (including phenoxy) is 1. The molecule has 26 heavy (non-hydrogen) atoms. The standard InChI is InChI=1S/C21H28N2O2S/c1-3-4-5-14-26-20-15-17(8-11-19(20)25-2)21(24)23-13-12-16-6-9-18(22)10-7-16/h6-11,15H,3-5,12-14,22H2,1-2H3,(H,23,24). The minimum Gasteiger partial charge on any atom is -0.496 e. The molecule has 0 aliphatic rings. The van der Waals surface area contributed by atoms with Crippen LogP contribution in [-0.4, -0.2) is 25.3 Å². The van der Waals surface area contributed by atoms with E-state index >= 15 is 0 Å². The Bertz CT molecular complexity index is 702. The van der Waals surface area contributed by atoms with Crippen molar-refractivity contribution in [1.82, 2.24) is 5.32 Å². The van der Waals surface area contributed by atoms with Gasteiger partial charge in [0.2, 0.25) is 0 Å². The lowest BCUT2D eigenvalue weighted by molar-refractivity contribution is 0.0954. The van der Waals surface area contributed by atoms with E-state index < -0.39 is 0 Å². The topological polar surface area (TPSA) is 64.4 Å². The molecule has 0 aliphatic carbocycles. The smallest absolute Gasteiger partial charge is 0.251 e. The first kappa shape index (κ1) is 20.2. The molecule has 0 fully saturated rings. The molecule has 4 nitrogen and oxygen atoms in total. The quantitative estimate of drug-likeness (QED) is 0.365. The Hall–Kier alpha value is -2.14. The third kappa shape index (κ3) is 6.30.